The molecule has 1 aliphatic heterocycles. The van der Waals surface area contributed by atoms with E-state index in [1.54, 1.807) is 0 Å². The van der Waals surface area contributed by atoms with Crippen molar-refractivity contribution in [3.05, 3.63) is 11.6 Å². The molecule has 0 saturated carbocycles. The van der Waals surface area contributed by atoms with Crippen LogP contribution in [0.5, 0.6) is 0 Å². The molecule has 1 N–H and O–H groups in total. The minimum atomic E-state index is -0.562. The van der Waals surface area contributed by atoms with E-state index in [2.05, 4.69) is 19.9 Å². The van der Waals surface area contributed by atoms with E-state index in [4.69, 9.17) is 4.74 Å². The molecule has 92 valence electrons. The monoisotopic (exact) mass is 224 g/mol. The largest absolute Gasteiger partial charge is 0.385 e. The lowest BCUT2D eigenvalue weighted by Crippen LogP contribution is -2.44. The standard InChI is InChI=1S/C14H24O2/c1-11(2)13-10-14(15,8-9-16-13)12-6-4-3-5-7-12/h6,11,13,15H,3-5,7-10H2,1-2H3. The van der Waals surface area contributed by atoms with E-state index in [1.165, 1.54) is 18.4 Å². The van der Waals surface area contributed by atoms with Crippen LogP contribution >= 0.6 is 0 Å². The Morgan fingerprint density at radius 3 is 2.88 bits per heavy atom. The Hall–Kier alpha value is -0.340. The van der Waals surface area contributed by atoms with Gasteiger partial charge in [0, 0.05) is 12.8 Å². The molecule has 0 bridgehead atoms. The van der Waals surface area contributed by atoms with E-state index < -0.39 is 5.60 Å². The fourth-order valence-electron chi connectivity index (χ4n) is 2.85. The summed E-state index contributed by atoms with van der Waals surface area (Å²) in [5, 5.41) is 10.8. The van der Waals surface area contributed by atoms with Gasteiger partial charge in [-0.05, 0) is 37.2 Å². The summed E-state index contributed by atoms with van der Waals surface area (Å²) in [7, 11) is 0. The van der Waals surface area contributed by atoms with E-state index in [9.17, 15) is 5.11 Å². The third-order valence-corrected chi connectivity index (χ3v) is 4.02. The van der Waals surface area contributed by atoms with E-state index in [-0.39, 0.29) is 6.10 Å². The van der Waals surface area contributed by atoms with Crippen LogP contribution in [0.1, 0.15) is 52.4 Å². The highest BCUT2D eigenvalue weighted by molar-refractivity contribution is 5.20. The van der Waals surface area contributed by atoms with Crippen molar-refractivity contribution in [3.63, 3.8) is 0 Å². The van der Waals surface area contributed by atoms with Gasteiger partial charge < -0.3 is 9.84 Å². The van der Waals surface area contributed by atoms with Crippen LogP contribution in [0.2, 0.25) is 0 Å². The van der Waals surface area contributed by atoms with Crippen LogP contribution in [0.4, 0.5) is 0 Å². The van der Waals surface area contributed by atoms with Crippen molar-refractivity contribution in [3.8, 4) is 0 Å². The lowest BCUT2D eigenvalue weighted by Gasteiger charge is -2.41. The molecule has 0 spiro atoms. The highest BCUT2D eigenvalue weighted by atomic mass is 16.5. The van der Waals surface area contributed by atoms with Gasteiger partial charge in [-0.3, -0.25) is 0 Å². The van der Waals surface area contributed by atoms with Gasteiger partial charge in [-0.15, -0.1) is 0 Å². The van der Waals surface area contributed by atoms with Crippen LogP contribution in [-0.2, 0) is 4.74 Å². The van der Waals surface area contributed by atoms with Gasteiger partial charge in [0.2, 0.25) is 0 Å². The van der Waals surface area contributed by atoms with Gasteiger partial charge in [0.15, 0.2) is 0 Å². The Kier molecular flexibility index (Phi) is 3.70. The molecule has 0 amide bonds. The van der Waals surface area contributed by atoms with Crippen LogP contribution in [0.25, 0.3) is 0 Å². The summed E-state index contributed by atoms with van der Waals surface area (Å²) in [6.45, 7) is 5.05. The maximum atomic E-state index is 10.8. The average Bonchev–Trinajstić information content (AvgIpc) is 2.30. The predicted octanol–water partition coefficient (Wildman–Crippen LogP) is 3.05. The first kappa shape index (κ1) is 12.1. The Morgan fingerprint density at radius 1 is 1.44 bits per heavy atom. The molecule has 2 unspecified atom stereocenters. The number of hydrogen-bond acceptors (Lipinski definition) is 2. The Labute approximate surface area is 98.7 Å². The normalized spacial score (nSPS) is 36.2. The van der Waals surface area contributed by atoms with Crippen molar-refractivity contribution in [2.75, 3.05) is 6.61 Å². The van der Waals surface area contributed by atoms with Gasteiger partial charge in [-0.25, -0.2) is 0 Å². The van der Waals surface area contributed by atoms with Gasteiger partial charge >= 0.3 is 0 Å². The first-order valence-corrected chi connectivity index (χ1v) is 6.65. The van der Waals surface area contributed by atoms with E-state index in [0.717, 1.165) is 25.7 Å². The minimum Gasteiger partial charge on any atom is -0.385 e. The molecular formula is C14H24O2. The SMILES string of the molecule is CC(C)C1CC(O)(C2=CCCCC2)CCO1. The summed E-state index contributed by atoms with van der Waals surface area (Å²) in [5.74, 6) is 0.496. The van der Waals surface area contributed by atoms with Gasteiger partial charge in [0.1, 0.15) is 0 Å². The smallest absolute Gasteiger partial charge is 0.0903 e. The quantitative estimate of drug-likeness (QED) is 0.730. The summed E-state index contributed by atoms with van der Waals surface area (Å²) < 4.78 is 5.74. The van der Waals surface area contributed by atoms with Crippen molar-refractivity contribution >= 4 is 0 Å². The van der Waals surface area contributed by atoms with Crippen LogP contribution in [0.3, 0.4) is 0 Å². The summed E-state index contributed by atoms with van der Waals surface area (Å²) in [6, 6.07) is 0. The molecule has 2 aliphatic rings. The fraction of sp³-hybridized carbons (Fsp3) is 0.857. The zero-order chi connectivity index (χ0) is 11.6. The maximum Gasteiger partial charge on any atom is 0.0903 e. The Balaban J connectivity index is 2.08. The second-order valence-corrected chi connectivity index (χ2v) is 5.61. The zero-order valence-electron chi connectivity index (χ0n) is 10.5. The molecule has 0 aromatic heterocycles. The number of aliphatic hydroxyl groups is 1. The predicted molar refractivity (Wildman–Crippen MR) is 65.3 cm³/mol. The van der Waals surface area contributed by atoms with E-state index >= 15 is 0 Å². The van der Waals surface area contributed by atoms with Crippen LogP contribution in [0, 0.1) is 5.92 Å². The molecule has 2 nitrogen and oxygen atoms in total. The van der Waals surface area contributed by atoms with E-state index in [0.29, 0.717) is 12.5 Å². The number of allylic oxidation sites excluding steroid dienone is 1. The van der Waals surface area contributed by atoms with Crippen LogP contribution in [-0.4, -0.2) is 23.4 Å². The van der Waals surface area contributed by atoms with Crippen molar-refractivity contribution < 1.29 is 9.84 Å². The molecular weight excluding hydrogens is 200 g/mol. The second-order valence-electron chi connectivity index (χ2n) is 5.61. The lowest BCUT2D eigenvalue weighted by molar-refractivity contribution is -0.101. The van der Waals surface area contributed by atoms with Crippen molar-refractivity contribution in [2.24, 2.45) is 5.92 Å². The Morgan fingerprint density at radius 2 is 2.25 bits per heavy atom. The summed E-state index contributed by atoms with van der Waals surface area (Å²) in [6.07, 6.45) is 8.81. The van der Waals surface area contributed by atoms with E-state index in [1.807, 2.05) is 0 Å². The molecule has 0 aromatic rings. The molecule has 1 saturated heterocycles. The molecule has 2 rings (SSSR count). The molecule has 1 fully saturated rings. The topological polar surface area (TPSA) is 29.5 Å². The minimum absolute atomic E-state index is 0.224. The van der Waals surface area contributed by atoms with Gasteiger partial charge in [-0.2, -0.15) is 0 Å². The molecule has 1 aliphatic carbocycles. The molecule has 0 aromatic carbocycles. The van der Waals surface area contributed by atoms with Crippen LogP contribution < -0.4 is 0 Å². The van der Waals surface area contributed by atoms with Crippen LogP contribution in [0.15, 0.2) is 11.6 Å². The molecule has 2 heteroatoms. The number of ether oxygens (including phenoxy) is 1. The van der Waals surface area contributed by atoms with Crippen molar-refractivity contribution in [1.29, 1.82) is 0 Å². The first-order chi connectivity index (χ1) is 7.62. The molecule has 16 heavy (non-hydrogen) atoms. The summed E-state index contributed by atoms with van der Waals surface area (Å²) in [5.41, 5.74) is 0.723. The highest BCUT2D eigenvalue weighted by Crippen LogP contribution is 2.38. The molecule has 1 heterocycles. The first-order valence-electron chi connectivity index (χ1n) is 6.65. The fourth-order valence-corrected chi connectivity index (χ4v) is 2.85. The van der Waals surface area contributed by atoms with Crippen molar-refractivity contribution in [2.45, 2.75) is 64.1 Å². The third-order valence-electron chi connectivity index (χ3n) is 4.02. The zero-order valence-corrected chi connectivity index (χ0v) is 10.5. The van der Waals surface area contributed by atoms with Gasteiger partial charge in [-0.1, -0.05) is 19.9 Å². The second kappa shape index (κ2) is 4.89. The Bertz CT molecular complexity index is 270. The number of hydrogen-bond donors (Lipinski definition) is 1. The lowest BCUT2D eigenvalue weighted by atomic mass is 9.77. The molecule has 0 radical (unpaired) electrons. The highest BCUT2D eigenvalue weighted by Gasteiger charge is 2.39. The third kappa shape index (κ3) is 2.49. The summed E-state index contributed by atoms with van der Waals surface area (Å²) >= 11 is 0. The number of rotatable bonds is 2. The van der Waals surface area contributed by atoms with Crippen molar-refractivity contribution in [1.82, 2.24) is 0 Å². The summed E-state index contributed by atoms with van der Waals surface area (Å²) in [4.78, 5) is 0. The molecule has 2 atom stereocenters. The van der Waals surface area contributed by atoms with Gasteiger partial charge in [0.05, 0.1) is 18.3 Å². The van der Waals surface area contributed by atoms with Gasteiger partial charge in [0.25, 0.3) is 0 Å². The average molecular weight is 224 g/mol. The maximum absolute atomic E-state index is 10.8.